The van der Waals surface area contributed by atoms with Crippen molar-refractivity contribution in [2.24, 2.45) is 0 Å². The second-order valence-corrected chi connectivity index (χ2v) is 7.14. The molecule has 3 rings (SSSR count). The monoisotopic (exact) mass is 414 g/mol. The molecule has 0 fully saturated rings. The third-order valence-corrected chi connectivity index (χ3v) is 5.27. The van der Waals surface area contributed by atoms with E-state index in [9.17, 15) is 34.8 Å². The second-order valence-electron chi connectivity index (χ2n) is 7.14. The molecule has 0 aromatic heterocycles. The number of carbonyl (C=O) groups is 3. The molecule has 0 saturated carbocycles. The van der Waals surface area contributed by atoms with Crippen molar-refractivity contribution >= 4 is 17.5 Å². The number of esters is 1. The van der Waals surface area contributed by atoms with Crippen LogP contribution < -0.4 is 0 Å². The van der Waals surface area contributed by atoms with Crippen molar-refractivity contribution in [1.29, 1.82) is 0 Å². The molecular formula is C22H22O8. The summed E-state index contributed by atoms with van der Waals surface area (Å²) in [4.78, 5) is 37.9. The number of phenolic OH excluding ortho intramolecular Hbond substituents is 2. The fraction of sp³-hybridized carbons (Fsp3) is 0.318. The lowest BCUT2D eigenvalue weighted by Crippen LogP contribution is -2.24. The minimum atomic E-state index is -1.40. The van der Waals surface area contributed by atoms with Crippen LogP contribution in [0.5, 0.6) is 11.5 Å². The van der Waals surface area contributed by atoms with Crippen LogP contribution in [0.15, 0.2) is 24.3 Å². The zero-order valence-corrected chi connectivity index (χ0v) is 16.5. The zero-order valence-electron chi connectivity index (χ0n) is 16.5. The molecule has 0 bridgehead atoms. The summed E-state index contributed by atoms with van der Waals surface area (Å²) >= 11 is 0. The summed E-state index contributed by atoms with van der Waals surface area (Å²) in [7, 11) is 1.17. The average Bonchev–Trinajstić information content (AvgIpc) is 2.71. The lowest BCUT2D eigenvalue weighted by molar-refractivity contribution is -0.139. The van der Waals surface area contributed by atoms with Gasteiger partial charge in [0.25, 0.3) is 0 Å². The van der Waals surface area contributed by atoms with Gasteiger partial charge in [-0.05, 0) is 24.1 Å². The SMILES string of the molecule is CCC(O)CC(O)c1c(CC(=O)OC)cc2c(c1O)C(=O)c1c(O)cccc1C2=O. The first-order valence-corrected chi connectivity index (χ1v) is 9.44. The third-order valence-electron chi connectivity index (χ3n) is 5.27. The van der Waals surface area contributed by atoms with Crippen LogP contribution in [0.2, 0.25) is 0 Å². The van der Waals surface area contributed by atoms with Crippen molar-refractivity contribution in [3.05, 3.63) is 57.6 Å². The lowest BCUT2D eigenvalue weighted by atomic mass is 9.79. The van der Waals surface area contributed by atoms with Crippen LogP contribution in [0, 0.1) is 0 Å². The fourth-order valence-electron chi connectivity index (χ4n) is 3.67. The van der Waals surface area contributed by atoms with E-state index in [0.29, 0.717) is 6.42 Å². The number of ketones is 2. The Hall–Kier alpha value is -3.23. The van der Waals surface area contributed by atoms with Gasteiger partial charge in [-0.3, -0.25) is 14.4 Å². The molecule has 1 aliphatic carbocycles. The number of hydrogen-bond acceptors (Lipinski definition) is 8. The molecule has 8 nitrogen and oxygen atoms in total. The summed E-state index contributed by atoms with van der Waals surface area (Å²) in [5.74, 6) is -3.12. The molecule has 2 aromatic rings. The molecular weight excluding hydrogens is 392 g/mol. The molecule has 0 radical (unpaired) electrons. The molecule has 30 heavy (non-hydrogen) atoms. The number of ether oxygens (including phenoxy) is 1. The van der Waals surface area contributed by atoms with Crippen LogP contribution in [0.3, 0.4) is 0 Å². The van der Waals surface area contributed by atoms with Gasteiger partial charge >= 0.3 is 5.97 Å². The lowest BCUT2D eigenvalue weighted by Gasteiger charge is -2.25. The highest BCUT2D eigenvalue weighted by Gasteiger charge is 2.37. The van der Waals surface area contributed by atoms with Crippen molar-refractivity contribution < 1.29 is 39.5 Å². The minimum absolute atomic E-state index is 0.0226. The van der Waals surface area contributed by atoms with Gasteiger partial charge in [-0.15, -0.1) is 0 Å². The van der Waals surface area contributed by atoms with Crippen molar-refractivity contribution in [3.63, 3.8) is 0 Å². The first-order chi connectivity index (χ1) is 14.2. The number of aliphatic hydroxyl groups is 2. The van der Waals surface area contributed by atoms with Crippen molar-refractivity contribution in [1.82, 2.24) is 0 Å². The number of rotatable bonds is 6. The van der Waals surface area contributed by atoms with Gasteiger partial charge in [-0.1, -0.05) is 19.1 Å². The summed E-state index contributed by atoms with van der Waals surface area (Å²) < 4.78 is 4.66. The Morgan fingerprint density at radius 2 is 1.77 bits per heavy atom. The zero-order chi connectivity index (χ0) is 22.2. The van der Waals surface area contributed by atoms with Crippen molar-refractivity contribution in [3.8, 4) is 11.5 Å². The number of fused-ring (bicyclic) bond motifs is 2. The third kappa shape index (κ3) is 3.55. The number of methoxy groups -OCH3 is 1. The van der Waals surface area contributed by atoms with Crippen LogP contribution in [0.25, 0.3) is 0 Å². The van der Waals surface area contributed by atoms with E-state index in [2.05, 4.69) is 4.74 Å². The van der Waals surface area contributed by atoms with Gasteiger partial charge in [0.2, 0.25) is 5.78 Å². The Morgan fingerprint density at radius 3 is 2.40 bits per heavy atom. The van der Waals surface area contributed by atoms with E-state index in [0.717, 1.165) is 0 Å². The standard InChI is InChI=1S/C22H22O8/c1-3-11(23)9-15(25)17-10(8-16(26)30-2)7-13-19(21(17)28)22(29)18-12(20(13)27)5-4-6-14(18)24/h4-7,11,15,23-25,28H,3,8-9H2,1-2H3. The van der Waals surface area contributed by atoms with Gasteiger partial charge < -0.3 is 25.2 Å². The van der Waals surface area contributed by atoms with Crippen molar-refractivity contribution in [2.45, 2.75) is 38.4 Å². The number of phenols is 2. The number of aliphatic hydroxyl groups excluding tert-OH is 2. The summed E-state index contributed by atoms with van der Waals surface area (Å²) in [6.07, 6.45) is -2.46. The molecule has 2 aromatic carbocycles. The number of hydrogen-bond donors (Lipinski definition) is 4. The molecule has 0 saturated heterocycles. The quantitative estimate of drug-likeness (QED) is 0.447. The maximum Gasteiger partial charge on any atom is 0.309 e. The Kier molecular flexibility index (Phi) is 5.91. The summed E-state index contributed by atoms with van der Waals surface area (Å²) in [6.45, 7) is 1.71. The molecule has 2 atom stereocenters. The Bertz CT molecular complexity index is 1040. The Balaban J connectivity index is 2.25. The van der Waals surface area contributed by atoms with E-state index in [1.807, 2.05) is 0 Å². The molecule has 158 valence electrons. The molecule has 0 amide bonds. The predicted octanol–water partition coefficient (Wildman–Crippen LogP) is 1.78. The molecule has 1 aliphatic rings. The highest BCUT2D eigenvalue weighted by atomic mass is 16.5. The minimum Gasteiger partial charge on any atom is -0.507 e. The van der Waals surface area contributed by atoms with E-state index in [4.69, 9.17) is 0 Å². The normalized spacial score (nSPS) is 14.7. The van der Waals surface area contributed by atoms with Crippen molar-refractivity contribution in [2.75, 3.05) is 7.11 Å². The van der Waals surface area contributed by atoms with Crippen LogP contribution in [-0.2, 0) is 16.0 Å². The topological polar surface area (TPSA) is 141 Å². The first kappa shape index (κ1) is 21.5. The van der Waals surface area contributed by atoms with E-state index in [1.165, 1.54) is 31.4 Å². The van der Waals surface area contributed by atoms with Gasteiger partial charge in [0, 0.05) is 23.1 Å². The van der Waals surface area contributed by atoms with Gasteiger partial charge in [0.15, 0.2) is 5.78 Å². The van der Waals surface area contributed by atoms with Gasteiger partial charge in [-0.25, -0.2) is 0 Å². The fourth-order valence-corrected chi connectivity index (χ4v) is 3.67. The predicted molar refractivity (Wildman–Crippen MR) is 105 cm³/mol. The van der Waals surface area contributed by atoms with E-state index < -0.39 is 41.2 Å². The summed E-state index contributed by atoms with van der Waals surface area (Å²) in [5, 5.41) is 41.6. The smallest absolute Gasteiger partial charge is 0.309 e. The highest BCUT2D eigenvalue weighted by Crippen LogP contribution is 2.42. The van der Waals surface area contributed by atoms with Gasteiger partial charge in [-0.2, -0.15) is 0 Å². The highest BCUT2D eigenvalue weighted by molar-refractivity contribution is 6.30. The molecule has 0 heterocycles. The average molecular weight is 414 g/mol. The maximum absolute atomic E-state index is 13.0. The van der Waals surface area contributed by atoms with E-state index >= 15 is 0 Å². The second kappa shape index (κ2) is 8.25. The number of benzene rings is 2. The summed E-state index contributed by atoms with van der Waals surface area (Å²) in [5.41, 5.74) is -0.778. The van der Waals surface area contributed by atoms with Crippen LogP contribution in [-0.4, -0.2) is 51.2 Å². The number of carbonyl (C=O) groups excluding carboxylic acids is 3. The molecule has 0 spiro atoms. The van der Waals surface area contributed by atoms with Gasteiger partial charge in [0.05, 0.1) is 36.9 Å². The summed E-state index contributed by atoms with van der Waals surface area (Å²) in [6, 6.07) is 5.33. The molecule has 8 heteroatoms. The first-order valence-electron chi connectivity index (χ1n) is 9.44. The molecule has 0 aliphatic heterocycles. The van der Waals surface area contributed by atoms with Crippen LogP contribution in [0.1, 0.15) is 68.8 Å². The van der Waals surface area contributed by atoms with Crippen LogP contribution in [0.4, 0.5) is 0 Å². The largest absolute Gasteiger partial charge is 0.507 e. The number of aromatic hydroxyl groups is 2. The maximum atomic E-state index is 13.0. The molecule has 4 N–H and O–H groups in total. The Labute approximate surface area is 172 Å². The van der Waals surface area contributed by atoms with Crippen LogP contribution >= 0.6 is 0 Å². The van der Waals surface area contributed by atoms with Gasteiger partial charge in [0.1, 0.15) is 11.5 Å². The Morgan fingerprint density at radius 1 is 1.07 bits per heavy atom. The van der Waals surface area contributed by atoms with E-state index in [1.54, 1.807) is 6.92 Å². The molecule has 2 unspecified atom stereocenters. The van der Waals surface area contributed by atoms with E-state index in [-0.39, 0.29) is 46.2 Å².